The van der Waals surface area contributed by atoms with Crippen LogP contribution < -0.4 is 0 Å². The van der Waals surface area contributed by atoms with Gasteiger partial charge in [-0.3, -0.25) is 0 Å². The first kappa shape index (κ1) is 18.8. The number of hydrogen-bond acceptors (Lipinski definition) is 3. The summed E-state index contributed by atoms with van der Waals surface area (Å²) in [5.41, 5.74) is 0.793. The predicted octanol–water partition coefficient (Wildman–Crippen LogP) is 4.63. The Morgan fingerprint density at radius 3 is 2.71 bits per heavy atom. The van der Waals surface area contributed by atoms with Crippen LogP contribution in [0.5, 0.6) is 0 Å². The van der Waals surface area contributed by atoms with E-state index >= 15 is 0 Å². The fourth-order valence-electron chi connectivity index (χ4n) is 3.03. The minimum Gasteiger partial charge on any atom is -0.444 e. The number of piperidine rings is 1. The second kappa shape index (κ2) is 9.07. The van der Waals surface area contributed by atoms with Gasteiger partial charge in [0.1, 0.15) is 5.60 Å². The topological polar surface area (TPSA) is 38.8 Å². The van der Waals surface area contributed by atoms with E-state index in [1.165, 1.54) is 12.0 Å². The quantitative estimate of drug-likeness (QED) is 0.712. The van der Waals surface area contributed by atoms with Gasteiger partial charge in [-0.05, 0) is 57.9 Å². The zero-order chi connectivity index (χ0) is 17.4. The molecule has 1 heterocycles. The van der Waals surface area contributed by atoms with E-state index in [1.807, 2.05) is 43.9 Å². The Kier molecular flexibility index (Phi) is 7.10. The summed E-state index contributed by atoms with van der Waals surface area (Å²) in [6.07, 6.45) is 4.23. The summed E-state index contributed by atoms with van der Waals surface area (Å²) in [6, 6.07) is 10.3. The van der Waals surface area contributed by atoms with Crippen LogP contribution >= 0.6 is 0 Å². The highest BCUT2D eigenvalue weighted by molar-refractivity contribution is 5.68. The van der Waals surface area contributed by atoms with E-state index in [2.05, 4.69) is 12.1 Å². The molecular weight excluding hydrogens is 302 g/mol. The molecule has 0 unspecified atom stereocenters. The van der Waals surface area contributed by atoms with Gasteiger partial charge in [0.05, 0.1) is 6.61 Å². The third kappa shape index (κ3) is 6.91. The molecule has 0 saturated carbocycles. The van der Waals surface area contributed by atoms with Crippen LogP contribution in [0.25, 0.3) is 0 Å². The van der Waals surface area contributed by atoms with Crippen molar-refractivity contribution in [2.75, 3.05) is 19.7 Å². The van der Waals surface area contributed by atoms with Gasteiger partial charge in [-0.2, -0.15) is 0 Å². The molecule has 0 aliphatic carbocycles. The van der Waals surface area contributed by atoms with Crippen molar-refractivity contribution in [2.45, 2.75) is 58.7 Å². The lowest BCUT2D eigenvalue weighted by Gasteiger charge is -2.34. The van der Waals surface area contributed by atoms with E-state index < -0.39 is 5.60 Å². The minimum atomic E-state index is -0.421. The van der Waals surface area contributed by atoms with Crippen molar-refractivity contribution >= 4 is 6.09 Å². The molecule has 1 aliphatic rings. The van der Waals surface area contributed by atoms with Crippen molar-refractivity contribution in [3.05, 3.63) is 35.9 Å². The van der Waals surface area contributed by atoms with Crippen molar-refractivity contribution in [1.29, 1.82) is 0 Å². The average Bonchev–Trinajstić information content (AvgIpc) is 2.54. The maximum atomic E-state index is 12.2. The molecule has 1 atom stereocenters. The summed E-state index contributed by atoms with van der Waals surface area (Å²) in [4.78, 5) is 14.0. The molecule has 134 valence electrons. The van der Waals surface area contributed by atoms with Crippen LogP contribution in [0.15, 0.2) is 30.3 Å². The molecule has 24 heavy (non-hydrogen) atoms. The third-order valence-corrected chi connectivity index (χ3v) is 4.18. The minimum absolute atomic E-state index is 0.174. The Labute approximate surface area is 146 Å². The fourth-order valence-corrected chi connectivity index (χ4v) is 3.03. The van der Waals surface area contributed by atoms with Crippen LogP contribution in [-0.4, -0.2) is 36.3 Å². The molecule has 0 N–H and O–H groups in total. The molecule has 1 aliphatic heterocycles. The molecule has 1 aromatic carbocycles. The number of carbonyl (C=O) groups is 1. The molecule has 1 amide bonds. The Morgan fingerprint density at radius 2 is 2.00 bits per heavy atom. The Morgan fingerprint density at radius 1 is 1.25 bits per heavy atom. The number of carbonyl (C=O) groups excluding carboxylic acids is 1. The van der Waals surface area contributed by atoms with Gasteiger partial charge in [0.25, 0.3) is 0 Å². The van der Waals surface area contributed by atoms with Crippen LogP contribution in [0, 0.1) is 5.92 Å². The molecule has 2 rings (SSSR count). The number of nitrogens with zero attached hydrogens (tertiary/aromatic N) is 1. The smallest absolute Gasteiger partial charge is 0.410 e. The molecule has 0 radical (unpaired) electrons. The van der Waals surface area contributed by atoms with E-state index in [4.69, 9.17) is 9.47 Å². The lowest BCUT2D eigenvalue weighted by Crippen LogP contribution is -2.42. The maximum Gasteiger partial charge on any atom is 0.410 e. The highest BCUT2D eigenvalue weighted by Gasteiger charge is 2.27. The molecule has 4 heteroatoms. The van der Waals surface area contributed by atoms with Gasteiger partial charge in [-0.25, -0.2) is 4.79 Å². The Bertz CT molecular complexity index is 495. The summed E-state index contributed by atoms with van der Waals surface area (Å²) >= 11 is 0. The van der Waals surface area contributed by atoms with Crippen LogP contribution in [0.3, 0.4) is 0 Å². The van der Waals surface area contributed by atoms with E-state index in [-0.39, 0.29) is 6.09 Å². The molecule has 0 bridgehead atoms. The lowest BCUT2D eigenvalue weighted by atomic mass is 9.94. The predicted molar refractivity (Wildman–Crippen MR) is 95.9 cm³/mol. The second-order valence-corrected chi connectivity index (χ2v) is 7.62. The van der Waals surface area contributed by atoms with Crippen molar-refractivity contribution in [1.82, 2.24) is 4.90 Å². The Hall–Kier alpha value is -1.55. The molecule has 1 aromatic rings. The lowest BCUT2D eigenvalue weighted by molar-refractivity contribution is 0.0155. The first-order valence-electron chi connectivity index (χ1n) is 9.03. The zero-order valence-electron chi connectivity index (χ0n) is 15.3. The first-order valence-corrected chi connectivity index (χ1v) is 9.03. The molecule has 4 nitrogen and oxygen atoms in total. The summed E-state index contributed by atoms with van der Waals surface area (Å²) in [5.74, 6) is 0.562. The number of ether oxygens (including phenoxy) is 2. The molecule has 0 spiro atoms. The molecule has 1 saturated heterocycles. The van der Waals surface area contributed by atoms with E-state index in [0.717, 1.165) is 39.0 Å². The number of likely N-dealkylation sites (tertiary alicyclic amines) is 1. The average molecular weight is 333 g/mol. The van der Waals surface area contributed by atoms with E-state index in [9.17, 15) is 4.79 Å². The second-order valence-electron chi connectivity index (χ2n) is 7.62. The standard InChI is InChI=1S/C20H31NO3/c1-20(2,3)24-19(22)21-13-7-11-17(15-21)12-8-14-23-16-18-9-5-4-6-10-18/h4-6,9-10,17H,7-8,11-16H2,1-3H3/t17-/m0/s1. The van der Waals surface area contributed by atoms with Crippen molar-refractivity contribution < 1.29 is 14.3 Å². The van der Waals surface area contributed by atoms with Gasteiger partial charge < -0.3 is 14.4 Å². The highest BCUT2D eigenvalue weighted by atomic mass is 16.6. The Balaban J connectivity index is 1.63. The first-order chi connectivity index (χ1) is 11.4. The van der Waals surface area contributed by atoms with Crippen LogP contribution in [-0.2, 0) is 16.1 Å². The van der Waals surface area contributed by atoms with Gasteiger partial charge >= 0.3 is 6.09 Å². The molecule has 1 fully saturated rings. The fraction of sp³-hybridized carbons (Fsp3) is 0.650. The number of rotatable bonds is 6. The summed E-state index contributed by atoms with van der Waals surface area (Å²) in [6.45, 7) is 8.82. The SMILES string of the molecule is CC(C)(C)OC(=O)N1CCC[C@@H](CCCOCc2ccccc2)C1. The normalized spacial score (nSPS) is 18.5. The van der Waals surface area contributed by atoms with Gasteiger partial charge in [0.2, 0.25) is 0 Å². The number of amides is 1. The molecular formula is C20H31NO3. The molecule has 0 aromatic heterocycles. The number of benzene rings is 1. The van der Waals surface area contributed by atoms with Gasteiger partial charge in [-0.1, -0.05) is 30.3 Å². The van der Waals surface area contributed by atoms with Crippen molar-refractivity contribution in [3.63, 3.8) is 0 Å². The van der Waals surface area contributed by atoms with Crippen molar-refractivity contribution in [3.8, 4) is 0 Å². The number of hydrogen-bond donors (Lipinski definition) is 0. The van der Waals surface area contributed by atoms with Crippen LogP contribution in [0.2, 0.25) is 0 Å². The van der Waals surface area contributed by atoms with Crippen molar-refractivity contribution in [2.24, 2.45) is 5.92 Å². The van der Waals surface area contributed by atoms with Crippen LogP contribution in [0.4, 0.5) is 4.79 Å². The third-order valence-electron chi connectivity index (χ3n) is 4.18. The zero-order valence-corrected chi connectivity index (χ0v) is 15.3. The largest absolute Gasteiger partial charge is 0.444 e. The van der Waals surface area contributed by atoms with Gasteiger partial charge in [0, 0.05) is 19.7 Å². The van der Waals surface area contributed by atoms with Gasteiger partial charge in [-0.15, -0.1) is 0 Å². The summed E-state index contributed by atoms with van der Waals surface area (Å²) in [5, 5.41) is 0. The highest BCUT2D eigenvalue weighted by Crippen LogP contribution is 2.22. The maximum absolute atomic E-state index is 12.2. The monoisotopic (exact) mass is 333 g/mol. The van der Waals surface area contributed by atoms with Gasteiger partial charge in [0.15, 0.2) is 0 Å². The van der Waals surface area contributed by atoms with Crippen LogP contribution in [0.1, 0.15) is 52.0 Å². The summed E-state index contributed by atoms with van der Waals surface area (Å²) < 4.78 is 11.2. The summed E-state index contributed by atoms with van der Waals surface area (Å²) in [7, 11) is 0. The van der Waals surface area contributed by atoms with E-state index in [1.54, 1.807) is 0 Å². The van der Waals surface area contributed by atoms with E-state index in [0.29, 0.717) is 12.5 Å².